The average Bonchev–Trinajstić information content (AvgIpc) is 2.80. The standard InChI is InChI=1S/C23H36N3O8P/c1-2-3-5-17-6-4-13-26(15-17)23(30)20(11-12-21(27)28)25-22(29)19(24)14-16-7-9-18(10-8-16)34-35(31,32)33/h7-10,17,19-20H,2-6,11-15,24H2,1H3,(H,25,29)(H,27,28)(H2,31,32,33)/t17-,19+,20+/m1/s1. The van der Waals surface area contributed by atoms with E-state index in [1.807, 2.05) is 0 Å². The van der Waals surface area contributed by atoms with Gasteiger partial charge in [-0.05, 0) is 55.7 Å². The molecule has 0 spiro atoms. The van der Waals surface area contributed by atoms with Crippen molar-refractivity contribution in [1.29, 1.82) is 0 Å². The molecule has 0 aromatic heterocycles. The SMILES string of the molecule is CCCC[C@@H]1CCCN(C(=O)[C@H](CCC(=O)O)NC(=O)[C@@H](N)Cc2ccc(OP(=O)(O)O)cc2)C1. The molecular formula is C23H36N3O8P. The van der Waals surface area contributed by atoms with Crippen LogP contribution in [0.5, 0.6) is 5.75 Å². The van der Waals surface area contributed by atoms with E-state index in [0.29, 0.717) is 24.6 Å². The second kappa shape index (κ2) is 13.6. The number of nitrogens with one attached hydrogen (secondary N) is 1. The fourth-order valence-electron chi connectivity index (χ4n) is 4.19. The monoisotopic (exact) mass is 513 g/mol. The molecule has 0 bridgehead atoms. The van der Waals surface area contributed by atoms with Crippen LogP contribution < -0.4 is 15.6 Å². The van der Waals surface area contributed by atoms with Gasteiger partial charge >= 0.3 is 13.8 Å². The maximum Gasteiger partial charge on any atom is 0.524 e. The fourth-order valence-corrected chi connectivity index (χ4v) is 4.58. The highest BCUT2D eigenvalue weighted by molar-refractivity contribution is 7.46. The van der Waals surface area contributed by atoms with E-state index in [1.54, 1.807) is 4.90 Å². The highest BCUT2D eigenvalue weighted by atomic mass is 31.2. The molecule has 11 nitrogen and oxygen atoms in total. The molecule has 196 valence electrons. The van der Waals surface area contributed by atoms with Crippen LogP contribution in [0, 0.1) is 5.92 Å². The van der Waals surface area contributed by atoms with Crippen molar-refractivity contribution in [2.45, 2.75) is 70.4 Å². The van der Waals surface area contributed by atoms with Gasteiger partial charge in [-0.15, -0.1) is 0 Å². The number of likely N-dealkylation sites (tertiary alicyclic amines) is 1. The van der Waals surface area contributed by atoms with Gasteiger partial charge in [0.2, 0.25) is 11.8 Å². The van der Waals surface area contributed by atoms with Gasteiger partial charge in [0.25, 0.3) is 0 Å². The Morgan fingerprint density at radius 1 is 1.26 bits per heavy atom. The zero-order chi connectivity index (χ0) is 26.0. The summed E-state index contributed by atoms with van der Waals surface area (Å²) >= 11 is 0. The first-order valence-corrected chi connectivity index (χ1v) is 13.4. The van der Waals surface area contributed by atoms with Gasteiger partial charge in [0.15, 0.2) is 0 Å². The summed E-state index contributed by atoms with van der Waals surface area (Å²) in [6, 6.07) is 3.76. The Morgan fingerprint density at radius 2 is 1.94 bits per heavy atom. The van der Waals surface area contributed by atoms with Crippen molar-refractivity contribution < 1.29 is 38.4 Å². The Kier molecular flexibility index (Phi) is 11.2. The van der Waals surface area contributed by atoms with E-state index in [-0.39, 0.29) is 30.9 Å². The molecule has 35 heavy (non-hydrogen) atoms. The zero-order valence-corrected chi connectivity index (χ0v) is 20.9. The third-order valence-corrected chi connectivity index (χ3v) is 6.45. The molecule has 2 amide bonds. The fraction of sp³-hybridized carbons (Fsp3) is 0.609. The van der Waals surface area contributed by atoms with Crippen LogP contribution in [0.2, 0.25) is 0 Å². The lowest BCUT2D eigenvalue weighted by atomic mass is 9.92. The molecule has 0 aliphatic carbocycles. The molecule has 6 N–H and O–H groups in total. The predicted molar refractivity (Wildman–Crippen MR) is 128 cm³/mol. The van der Waals surface area contributed by atoms with E-state index in [9.17, 15) is 18.9 Å². The molecule has 0 unspecified atom stereocenters. The maximum absolute atomic E-state index is 13.2. The molecule has 0 radical (unpaired) electrons. The van der Waals surface area contributed by atoms with Crippen molar-refractivity contribution in [3.8, 4) is 5.75 Å². The molecule has 1 aromatic carbocycles. The summed E-state index contributed by atoms with van der Waals surface area (Å²) in [7, 11) is -4.67. The molecule has 1 aliphatic heterocycles. The van der Waals surface area contributed by atoms with Crippen molar-refractivity contribution in [1.82, 2.24) is 10.2 Å². The van der Waals surface area contributed by atoms with E-state index in [0.717, 1.165) is 32.1 Å². The Bertz CT molecular complexity index is 905. The van der Waals surface area contributed by atoms with Crippen LogP contribution in [0.15, 0.2) is 24.3 Å². The topological polar surface area (TPSA) is 179 Å². The van der Waals surface area contributed by atoms with Crippen molar-refractivity contribution in [3.05, 3.63) is 29.8 Å². The molecule has 1 saturated heterocycles. The Hall–Kier alpha value is -2.46. The van der Waals surface area contributed by atoms with Crippen LogP contribution in [-0.2, 0) is 25.4 Å². The summed E-state index contributed by atoms with van der Waals surface area (Å²) in [5.41, 5.74) is 6.66. The number of hydrogen-bond donors (Lipinski definition) is 5. The summed E-state index contributed by atoms with van der Waals surface area (Å²) in [5, 5.41) is 11.7. The summed E-state index contributed by atoms with van der Waals surface area (Å²) < 4.78 is 15.4. The number of benzene rings is 1. The number of piperidine rings is 1. The number of aliphatic carboxylic acids is 1. The second-order valence-corrected chi connectivity index (χ2v) is 10.1. The first-order chi connectivity index (χ1) is 16.5. The minimum atomic E-state index is -4.67. The molecule has 3 atom stereocenters. The first-order valence-electron chi connectivity index (χ1n) is 11.9. The Morgan fingerprint density at radius 3 is 2.54 bits per heavy atom. The lowest BCUT2D eigenvalue weighted by molar-refractivity contribution is -0.140. The van der Waals surface area contributed by atoms with Gasteiger partial charge in [-0.1, -0.05) is 31.9 Å². The number of nitrogens with zero attached hydrogens (tertiary/aromatic N) is 1. The lowest BCUT2D eigenvalue weighted by Gasteiger charge is -2.35. The van der Waals surface area contributed by atoms with E-state index in [2.05, 4.69) is 16.8 Å². The van der Waals surface area contributed by atoms with Crippen molar-refractivity contribution in [2.24, 2.45) is 11.7 Å². The van der Waals surface area contributed by atoms with Gasteiger partial charge in [0.1, 0.15) is 11.8 Å². The number of phosphoric acid groups is 1. The number of carboxylic acid groups (broad SMARTS) is 1. The van der Waals surface area contributed by atoms with Crippen LogP contribution in [-0.4, -0.2) is 62.8 Å². The highest BCUT2D eigenvalue weighted by Crippen LogP contribution is 2.37. The van der Waals surface area contributed by atoms with Crippen LogP contribution in [0.1, 0.15) is 57.4 Å². The van der Waals surface area contributed by atoms with Crippen molar-refractivity contribution in [3.63, 3.8) is 0 Å². The molecular weight excluding hydrogens is 477 g/mol. The second-order valence-electron chi connectivity index (χ2n) is 8.96. The molecule has 1 aromatic rings. The number of carbonyl (C=O) groups is 3. The number of unbranched alkanes of at least 4 members (excludes halogenated alkanes) is 1. The summed E-state index contributed by atoms with van der Waals surface area (Å²) in [5.74, 6) is -1.55. The van der Waals surface area contributed by atoms with Crippen molar-refractivity contribution in [2.75, 3.05) is 13.1 Å². The van der Waals surface area contributed by atoms with Crippen LogP contribution in [0.4, 0.5) is 0 Å². The number of rotatable bonds is 13. The number of phosphoric ester groups is 1. The third-order valence-electron chi connectivity index (χ3n) is 6.00. The Labute approximate surface area is 205 Å². The van der Waals surface area contributed by atoms with Gasteiger partial charge in [0.05, 0.1) is 6.04 Å². The molecule has 12 heteroatoms. The zero-order valence-electron chi connectivity index (χ0n) is 20.0. The number of carboxylic acids is 1. The molecule has 0 saturated carbocycles. The highest BCUT2D eigenvalue weighted by Gasteiger charge is 2.31. The third kappa shape index (κ3) is 10.4. The van der Waals surface area contributed by atoms with Gasteiger partial charge in [-0.3, -0.25) is 24.2 Å². The minimum absolute atomic E-state index is 0.0294. The molecule has 1 heterocycles. The largest absolute Gasteiger partial charge is 0.524 e. The average molecular weight is 514 g/mol. The Balaban J connectivity index is 2.00. The first kappa shape index (κ1) is 28.8. The van der Waals surface area contributed by atoms with Gasteiger partial charge in [0, 0.05) is 19.5 Å². The number of amides is 2. The van der Waals surface area contributed by atoms with Crippen LogP contribution in [0.3, 0.4) is 0 Å². The number of nitrogens with two attached hydrogens (primary N) is 1. The summed E-state index contributed by atoms with van der Waals surface area (Å²) in [6.07, 6.45) is 4.95. The smallest absolute Gasteiger partial charge is 0.481 e. The van der Waals surface area contributed by atoms with E-state index in [1.165, 1.54) is 24.3 Å². The quantitative estimate of drug-likeness (QED) is 0.246. The van der Waals surface area contributed by atoms with E-state index in [4.69, 9.17) is 20.6 Å². The van der Waals surface area contributed by atoms with Gasteiger partial charge in [-0.25, -0.2) is 4.57 Å². The molecule has 2 rings (SSSR count). The normalized spacial score (nSPS) is 17.9. The number of hydrogen-bond acceptors (Lipinski definition) is 6. The minimum Gasteiger partial charge on any atom is -0.481 e. The van der Waals surface area contributed by atoms with Gasteiger partial charge in [-0.2, -0.15) is 0 Å². The molecule has 1 aliphatic rings. The lowest BCUT2D eigenvalue weighted by Crippen LogP contribution is -2.54. The summed E-state index contributed by atoms with van der Waals surface area (Å²) in [6.45, 7) is 3.31. The summed E-state index contributed by atoms with van der Waals surface area (Å²) in [4.78, 5) is 56.5. The van der Waals surface area contributed by atoms with Crippen molar-refractivity contribution >= 4 is 25.6 Å². The number of carbonyl (C=O) groups excluding carboxylic acids is 2. The van der Waals surface area contributed by atoms with E-state index < -0.39 is 31.8 Å². The van der Waals surface area contributed by atoms with Gasteiger partial charge < -0.3 is 25.6 Å². The van der Waals surface area contributed by atoms with Crippen LogP contribution >= 0.6 is 7.82 Å². The van der Waals surface area contributed by atoms with E-state index >= 15 is 0 Å². The molecule has 1 fully saturated rings. The predicted octanol–water partition coefficient (Wildman–Crippen LogP) is 1.81. The van der Waals surface area contributed by atoms with Crippen LogP contribution in [0.25, 0.3) is 0 Å². The maximum atomic E-state index is 13.2.